The van der Waals surface area contributed by atoms with Gasteiger partial charge in [0.1, 0.15) is 5.69 Å². The molecule has 2 rings (SSSR count). The van der Waals surface area contributed by atoms with Gasteiger partial charge in [0.2, 0.25) is 0 Å². The molecule has 7 heteroatoms. The molecule has 0 unspecified atom stereocenters. The maximum Gasteiger partial charge on any atom is 0.337 e. The largest absolute Gasteiger partial charge is 0.478 e. The van der Waals surface area contributed by atoms with Gasteiger partial charge in [0.05, 0.1) is 11.3 Å². The third-order valence-corrected chi connectivity index (χ3v) is 4.24. The summed E-state index contributed by atoms with van der Waals surface area (Å²) in [6.45, 7) is 5.19. The maximum absolute atomic E-state index is 11.4. The number of aryl methyl sites for hydroxylation is 2. The third kappa shape index (κ3) is 5.19. The van der Waals surface area contributed by atoms with Crippen LogP contribution in [0.15, 0.2) is 46.6 Å². The van der Waals surface area contributed by atoms with E-state index in [0.29, 0.717) is 36.2 Å². The second-order valence-electron chi connectivity index (χ2n) is 5.86. The number of carboxylic acid groups (broad SMARTS) is 1. The van der Waals surface area contributed by atoms with Gasteiger partial charge in [0, 0.05) is 30.5 Å². The number of hydrogen-bond donors (Lipinski definition) is 1. The maximum atomic E-state index is 11.4. The molecule has 26 heavy (non-hydrogen) atoms. The lowest BCUT2D eigenvalue weighted by atomic mass is 10.1. The van der Waals surface area contributed by atoms with E-state index in [9.17, 15) is 9.90 Å². The molecular formula is C19H21Cl2N3O2. The Bertz CT molecular complexity index is 803. The molecule has 0 atom stereocenters. The fourth-order valence-corrected chi connectivity index (χ4v) is 2.95. The van der Waals surface area contributed by atoms with Crippen LogP contribution in [0.25, 0.3) is 0 Å². The molecule has 138 valence electrons. The Labute approximate surface area is 163 Å². The van der Waals surface area contributed by atoms with Gasteiger partial charge in [-0.15, -0.1) is 28.3 Å². The number of carboxylic acids is 1. The van der Waals surface area contributed by atoms with Crippen molar-refractivity contribution in [1.29, 1.82) is 0 Å². The highest BCUT2D eigenvalue weighted by molar-refractivity contribution is 6.18. The highest BCUT2D eigenvalue weighted by Crippen LogP contribution is 2.28. The monoisotopic (exact) mass is 393 g/mol. The van der Waals surface area contributed by atoms with E-state index in [1.807, 2.05) is 38.1 Å². The van der Waals surface area contributed by atoms with Crippen LogP contribution in [0, 0.1) is 13.8 Å². The zero-order chi connectivity index (χ0) is 19.1. The number of benzene rings is 2. The van der Waals surface area contributed by atoms with Crippen LogP contribution in [-0.2, 0) is 0 Å². The summed E-state index contributed by atoms with van der Waals surface area (Å²) in [5.74, 6) is 0.0125. The number of azo groups is 1. The number of nitrogens with zero attached hydrogens (tertiary/aromatic N) is 3. The molecule has 0 aliphatic rings. The summed E-state index contributed by atoms with van der Waals surface area (Å²) in [5.41, 5.74) is 3.97. The standard InChI is InChI=1S/C19H21Cl2N3O2/c1-13-3-5-18(16(11-13)19(25)26)23-22-17-6-4-15(12-14(17)2)24(9-7-20)10-8-21/h3-6,11-12H,7-10H2,1-2H3,(H,25,26). The molecule has 0 amide bonds. The minimum atomic E-state index is -1.02. The Hall–Kier alpha value is -2.11. The molecule has 0 saturated carbocycles. The van der Waals surface area contributed by atoms with Crippen molar-refractivity contribution in [3.05, 3.63) is 53.1 Å². The number of hydrogen-bond acceptors (Lipinski definition) is 4. The van der Waals surface area contributed by atoms with Gasteiger partial charge in [0.15, 0.2) is 0 Å². The zero-order valence-corrected chi connectivity index (χ0v) is 16.3. The van der Waals surface area contributed by atoms with Crippen LogP contribution in [-0.4, -0.2) is 35.9 Å². The number of rotatable bonds is 8. The van der Waals surface area contributed by atoms with E-state index in [0.717, 1.165) is 16.8 Å². The molecule has 2 aromatic rings. The molecule has 2 aromatic carbocycles. The SMILES string of the molecule is Cc1ccc(N=Nc2ccc(N(CCCl)CCCl)cc2C)c(C(=O)O)c1. The van der Waals surface area contributed by atoms with E-state index < -0.39 is 5.97 Å². The average Bonchev–Trinajstić information content (AvgIpc) is 2.61. The van der Waals surface area contributed by atoms with Gasteiger partial charge in [-0.05, 0) is 49.7 Å². The summed E-state index contributed by atoms with van der Waals surface area (Å²) >= 11 is 11.7. The average molecular weight is 394 g/mol. The van der Waals surface area contributed by atoms with Crippen molar-refractivity contribution in [2.24, 2.45) is 10.2 Å². The van der Waals surface area contributed by atoms with Crippen LogP contribution >= 0.6 is 23.2 Å². The van der Waals surface area contributed by atoms with Gasteiger partial charge >= 0.3 is 5.97 Å². The lowest BCUT2D eigenvalue weighted by Gasteiger charge is -2.23. The first-order valence-corrected chi connectivity index (χ1v) is 9.26. The van der Waals surface area contributed by atoms with Gasteiger partial charge < -0.3 is 10.0 Å². The second-order valence-corrected chi connectivity index (χ2v) is 6.62. The van der Waals surface area contributed by atoms with Crippen LogP contribution in [0.3, 0.4) is 0 Å². The molecule has 0 aliphatic carbocycles. The Morgan fingerprint density at radius 3 is 2.19 bits per heavy atom. The fraction of sp³-hybridized carbons (Fsp3) is 0.316. The van der Waals surface area contributed by atoms with Crippen LogP contribution < -0.4 is 4.90 Å². The highest BCUT2D eigenvalue weighted by atomic mass is 35.5. The van der Waals surface area contributed by atoms with E-state index in [4.69, 9.17) is 23.2 Å². The molecular weight excluding hydrogens is 373 g/mol. The minimum absolute atomic E-state index is 0.137. The van der Waals surface area contributed by atoms with E-state index >= 15 is 0 Å². The second kappa shape index (κ2) is 9.55. The molecule has 0 fully saturated rings. The van der Waals surface area contributed by atoms with Crippen LogP contribution in [0.4, 0.5) is 17.1 Å². The summed E-state index contributed by atoms with van der Waals surface area (Å²) < 4.78 is 0. The first-order valence-electron chi connectivity index (χ1n) is 8.19. The predicted molar refractivity (Wildman–Crippen MR) is 107 cm³/mol. The Balaban J connectivity index is 2.28. The summed E-state index contributed by atoms with van der Waals surface area (Å²) in [6.07, 6.45) is 0. The normalized spacial score (nSPS) is 11.1. The molecule has 1 N–H and O–H groups in total. The summed E-state index contributed by atoms with van der Waals surface area (Å²) in [7, 11) is 0. The Kier molecular flexibility index (Phi) is 7.42. The summed E-state index contributed by atoms with van der Waals surface area (Å²) in [5, 5.41) is 17.7. The first-order chi connectivity index (χ1) is 12.5. The van der Waals surface area contributed by atoms with Crippen LogP contribution in [0.2, 0.25) is 0 Å². The van der Waals surface area contributed by atoms with Gasteiger partial charge in [-0.25, -0.2) is 4.79 Å². The number of carbonyl (C=O) groups is 1. The summed E-state index contributed by atoms with van der Waals surface area (Å²) in [6, 6.07) is 10.9. The van der Waals surface area contributed by atoms with Crippen molar-refractivity contribution in [3.63, 3.8) is 0 Å². The summed E-state index contributed by atoms with van der Waals surface area (Å²) in [4.78, 5) is 13.5. The number of alkyl halides is 2. The van der Waals surface area contributed by atoms with Crippen molar-refractivity contribution in [2.75, 3.05) is 29.7 Å². The molecule has 0 aromatic heterocycles. The van der Waals surface area contributed by atoms with Crippen molar-refractivity contribution in [1.82, 2.24) is 0 Å². The van der Waals surface area contributed by atoms with E-state index in [1.165, 1.54) is 0 Å². The van der Waals surface area contributed by atoms with Gasteiger partial charge in [-0.3, -0.25) is 0 Å². The van der Waals surface area contributed by atoms with E-state index in [-0.39, 0.29) is 5.56 Å². The number of halogens is 2. The quantitative estimate of drug-likeness (QED) is 0.461. The van der Waals surface area contributed by atoms with E-state index in [2.05, 4.69) is 15.1 Å². The topological polar surface area (TPSA) is 65.3 Å². The molecule has 0 saturated heterocycles. The smallest absolute Gasteiger partial charge is 0.337 e. The molecule has 0 radical (unpaired) electrons. The molecule has 0 spiro atoms. The van der Waals surface area contributed by atoms with Gasteiger partial charge in [0.25, 0.3) is 0 Å². The molecule has 5 nitrogen and oxygen atoms in total. The highest BCUT2D eigenvalue weighted by Gasteiger charge is 2.11. The van der Waals surface area contributed by atoms with E-state index in [1.54, 1.807) is 12.1 Å². The lowest BCUT2D eigenvalue weighted by Crippen LogP contribution is -2.27. The van der Waals surface area contributed by atoms with Crippen molar-refractivity contribution >= 4 is 46.2 Å². The van der Waals surface area contributed by atoms with Crippen molar-refractivity contribution < 1.29 is 9.90 Å². The third-order valence-electron chi connectivity index (χ3n) is 3.90. The first kappa shape index (κ1) is 20.2. The van der Waals surface area contributed by atoms with Crippen LogP contribution in [0.1, 0.15) is 21.5 Å². The Morgan fingerprint density at radius 1 is 1.00 bits per heavy atom. The zero-order valence-electron chi connectivity index (χ0n) is 14.7. The lowest BCUT2D eigenvalue weighted by molar-refractivity contribution is 0.0697. The van der Waals surface area contributed by atoms with Gasteiger partial charge in [-0.1, -0.05) is 11.6 Å². The Morgan fingerprint density at radius 2 is 1.62 bits per heavy atom. The molecule has 0 aliphatic heterocycles. The molecule has 0 bridgehead atoms. The molecule has 0 heterocycles. The number of aromatic carboxylic acids is 1. The fourth-order valence-electron chi connectivity index (χ4n) is 2.54. The number of anilines is 1. The van der Waals surface area contributed by atoms with Gasteiger partial charge in [-0.2, -0.15) is 5.11 Å². The van der Waals surface area contributed by atoms with Crippen molar-refractivity contribution in [3.8, 4) is 0 Å². The van der Waals surface area contributed by atoms with Crippen molar-refractivity contribution in [2.45, 2.75) is 13.8 Å². The minimum Gasteiger partial charge on any atom is -0.478 e. The van der Waals surface area contributed by atoms with Crippen LogP contribution in [0.5, 0.6) is 0 Å². The predicted octanol–water partition coefficient (Wildman–Crippen LogP) is 5.70.